The van der Waals surface area contributed by atoms with Crippen LogP contribution in [-0.2, 0) is 15.1 Å². The monoisotopic (exact) mass is 265 g/mol. The first-order valence-corrected chi connectivity index (χ1v) is 5.95. The quantitative estimate of drug-likeness (QED) is 0.880. The zero-order valence-electron chi connectivity index (χ0n) is 11.6. The lowest BCUT2D eigenvalue weighted by Crippen LogP contribution is -2.50. The van der Waals surface area contributed by atoms with Crippen molar-refractivity contribution in [3.8, 4) is 0 Å². The van der Waals surface area contributed by atoms with Gasteiger partial charge in [-0.3, -0.25) is 0 Å². The minimum atomic E-state index is -1.52. The van der Waals surface area contributed by atoms with E-state index in [1.807, 2.05) is 0 Å². The molecule has 1 amide bonds. The highest BCUT2D eigenvalue weighted by Gasteiger charge is 2.38. The molecular weight excluding hydrogens is 246 g/mol. The number of carboxylic acid groups (broad SMARTS) is 1. The summed E-state index contributed by atoms with van der Waals surface area (Å²) in [4.78, 5) is 23.2. The molecule has 0 unspecified atom stereocenters. The lowest BCUT2D eigenvalue weighted by molar-refractivity contribution is -0.144. The number of aliphatic carboxylic acids is 1. The summed E-state index contributed by atoms with van der Waals surface area (Å²) in [7, 11) is 0. The summed E-state index contributed by atoms with van der Waals surface area (Å²) in [5.74, 6) is -1.15. The third kappa shape index (κ3) is 3.98. The molecule has 1 aromatic carbocycles. The Kier molecular flexibility index (Phi) is 4.19. The van der Waals surface area contributed by atoms with Crippen molar-refractivity contribution in [3.05, 3.63) is 35.9 Å². The fourth-order valence-corrected chi connectivity index (χ4v) is 1.53. The van der Waals surface area contributed by atoms with Crippen LogP contribution in [-0.4, -0.2) is 22.8 Å². The highest BCUT2D eigenvalue weighted by atomic mass is 16.6. The molecule has 0 saturated carbocycles. The summed E-state index contributed by atoms with van der Waals surface area (Å²) < 4.78 is 5.09. The van der Waals surface area contributed by atoms with Gasteiger partial charge in [-0.1, -0.05) is 30.3 Å². The second-order valence-corrected chi connectivity index (χ2v) is 5.42. The molecule has 19 heavy (non-hydrogen) atoms. The van der Waals surface area contributed by atoms with Crippen LogP contribution in [0.3, 0.4) is 0 Å². The number of carboxylic acids is 1. The SMILES string of the molecule is CC(C)(C)OC(=O)N[C@@](C)(C(=O)O)c1ccccc1. The van der Waals surface area contributed by atoms with E-state index in [0.29, 0.717) is 5.56 Å². The van der Waals surface area contributed by atoms with Gasteiger partial charge in [0.15, 0.2) is 5.54 Å². The highest BCUT2D eigenvalue weighted by Crippen LogP contribution is 2.21. The molecule has 0 spiro atoms. The van der Waals surface area contributed by atoms with Crippen molar-refractivity contribution in [2.75, 3.05) is 0 Å². The molecule has 0 aliphatic carbocycles. The summed E-state index contributed by atoms with van der Waals surface area (Å²) >= 11 is 0. The predicted octanol–water partition coefficient (Wildman–Crippen LogP) is 2.51. The van der Waals surface area contributed by atoms with Crippen molar-refractivity contribution in [2.24, 2.45) is 0 Å². The first kappa shape index (κ1) is 15.0. The molecule has 1 aromatic rings. The number of carbonyl (C=O) groups is 2. The van der Waals surface area contributed by atoms with Crippen LogP contribution in [0.25, 0.3) is 0 Å². The van der Waals surface area contributed by atoms with Gasteiger partial charge in [-0.15, -0.1) is 0 Å². The average Bonchev–Trinajstić information content (AvgIpc) is 2.27. The number of ether oxygens (including phenoxy) is 1. The zero-order valence-corrected chi connectivity index (χ0v) is 11.6. The summed E-state index contributed by atoms with van der Waals surface area (Å²) in [6, 6.07) is 8.50. The lowest BCUT2D eigenvalue weighted by atomic mass is 9.92. The van der Waals surface area contributed by atoms with E-state index in [0.717, 1.165) is 0 Å². The number of rotatable bonds is 3. The Hall–Kier alpha value is -2.04. The number of hydrogen-bond donors (Lipinski definition) is 2. The second-order valence-electron chi connectivity index (χ2n) is 5.42. The van der Waals surface area contributed by atoms with E-state index in [2.05, 4.69) is 5.32 Å². The van der Waals surface area contributed by atoms with E-state index in [1.165, 1.54) is 6.92 Å². The number of benzene rings is 1. The molecule has 0 aliphatic heterocycles. The van der Waals surface area contributed by atoms with E-state index in [1.54, 1.807) is 51.1 Å². The van der Waals surface area contributed by atoms with Crippen molar-refractivity contribution in [1.29, 1.82) is 0 Å². The number of carbonyl (C=O) groups excluding carboxylic acids is 1. The molecule has 1 rings (SSSR count). The fraction of sp³-hybridized carbons (Fsp3) is 0.429. The van der Waals surface area contributed by atoms with Gasteiger partial charge in [0, 0.05) is 0 Å². The normalized spacial score (nSPS) is 14.3. The summed E-state index contributed by atoms with van der Waals surface area (Å²) in [5, 5.41) is 11.8. The third-order valence-electron chi connectivity index (χ3n) is 2.53. The van der Waals surface area contributed by atoms with Crippen LogP contribution < -0.4 is 5.32 Å². The maximum atomic E-state index is 11.8. The van der Waals surface area contributed by atoms with Gasteiger partial charge in [0.2, 0.25) is 0 Å². The summed E-state index contributed by atoms with van der Waals surface area (Å²) in [5.41, 5.74) is -1.72. The maximum Gasteiger partial charge on any atom is 0.408 e. The summed E-state index contributed by atoms with van der Waals surface area (Å²) in [6.07, 6.45) is -0.763. The third-order valence-corrected chi connectivity index (χ3v) is 2.53. The predicted molar refractivity (Wildman–Crippen MR) is 70.8 cm³/mol. The van der Waals surface area contributed by atoms with E-state index in [-0.39, 0.29) is 0 Å². The van der Waals surface area contributed by atoms with Crippen LogP contribution in [0.1, 0.15) is 33.3 Å². The Bertz CT molecular complexity index is 464. The molecule has 2 N–H and O–H groups in total. The van der Waals surface area contributed by atoms with Gasteiger partial charge < -0.3 is 15.2 Å². The van der Waals surface area contributed by atoms with Crippen LogP contribution in [0, 0.1) is 0 Å². The molecule has 0 heterocycles. The molecule has 0 bridgehead atoms. The molecule has 0 saturated heterocycles. The molecule has 104 valence electrons. The Balaban J connectivity index is 2.97. The lowest BCUT2D eigenvalue weighted by Gasteiger charge is -2.28. The summed E-state index contributed by atoms with van der Waals surface area (Å²) in [6.45, 7) is 6.57. The molecular formula is C14H19NO4. The number of amides is 1. The Morgan fingerprint density at radius 2 is 1.63 bits per heavy atom. The molecule has 0 aliphatic rings. The topological polar surface area (TPSA) is 75.6 Å². The maximum absolute atomic E-state index is 11.8. The first-order valence-electron chi connectivity index (χ1n) is 5.95. The van der Waals surface area contributed by atoms with Gasteiger partial charge in [-0.2, -0.15) is 0 Å². The average molecular weight is 265 g/mol. The smallest absolute Gasteiger partial charge is 0.408 e. The van der Waals surface area contributed by atoms with Gasteiger partial charge in [0.1, 0.15) is 5.60 Å². The van der Waals surface area contributed by atoms with Gasteiger partial charge in [0.25, 0.3) is 0 Å². The van der Waals surface area contributed by atoms with Crippen LogP contribution in [0.4, 0.5) is 4.79 Å². The van der Waals surface area contributed by atoms with Crippen LogP contribution >= 0.6 is 0 Å². The van der Waals surface area contributed by atoms with Gasteiger partial charge in [-0.25, -0.2) is 9.59 Å². The number of nitrogens with one attached hydrogen (secondary N) is 1. The van der Waals surface area contributed by atoms with E-state index in [9.17, 15) is 14.7 Å². The van der Waals surface area contributed by atoms with Crippen LogP contribution in [0.15, 0.2) is 30.3 Å². The molecule has 0 aromatic heterocycles. The van der Waals surface area contributed by atoms with Gasteiger partial charge in [0.05, 0.1) is 0 Å². The Labute approximate surface area is 112 Å². The van der Waals surface area contributed by atoms with Crippen molar-refractivity contribution < 1.29 is 19.4 Å². The number of hydrogen-bond acceptors (Lipinski definition) is 3. The Morgan fingerprint density at radius 1 is 1.11 bits per heavy atom. The van der Waals surface area contributed by atoms with Crippen molar-refractivity contribution in [1.82, 2.24) is 5.32 Å². The minimum absolute atomic E-state index is 0.480. The minimum Gasteiger partial charge on any atom is -0.479 e. The highest BCUT2D eigenvalue weighted by molar-refractivity contribution is 5.85. The van der Waals surface area contributed by atoms with E-state index in [4.69, 9.17) is 4.74 Å². The molecule has 5 nitrogen and oxygen atoms in total. The molecule has 0 fully saturated rings. The van der Waals surface area contributed by atoms with Crippen molar-refractivity contribution in [3.63, 3.8) is 0 Å². The Morgan fingerprint density at radius 3 is 2.05 bits per heavy atom. The van der Waals surface area contributed by atoms with Crippen LogP contribution in [0.2, 0.25) is 0 Å². The molecule has 5 heteroatoms. The van der Waals surface area contributed by atoms with Crippen molar-refractivity contribution >= 4 is 12.1 Å². The van der Waals surface area contributed by atoms with Crippen LogP contribution in [0.5, 0.6) is 0 Å². The number of alkyl carbamates (subject to hydrolysis) is 1. The van der Waals surface area contributed by atoms with Crippen molar-refractivity contribution in [2.45, 2.75) is 38.8 Å². The molecule has 1 atom stereocenters. The fourth-order valence-electron chi connectivity index (χ4n) is 1.53. The molecule has 0 radical (unpaired) electrons. The second kappa shape index (κ2) is 5.30. The van der Waals surface area contributed by atoms with Gasteiger partial charge >= 0.3 is 12.1 Å². The first-order chi connectivity index (χ1) is 8.65. The van der Waals surface area contributed by atoms with E-state index >= 15 is 0 Å². The van der Waals surface area contributed by atoms with E-state index < -0.39 is 23.2 Å². The van der Waals surface area contributed by atoms with Gasteiger partial charge in [-0.05, 0) is 33.3 Å². The largest absolute Gasteiger partial charge is 0.479 e. The standard InChI is InChI=1S/C14H19NO4/c1-13(2,3)19-12(18)15-14(4,11(16)17)10-8-6-5-7-9-10/h5-9H,1-4H3,(H,15,18)(H,16,17)/t14-/m1/s1. The zero-order chi connectivity index (χ0) is 14.7.